The van der Waals surface area contributed by atoms with Gasteiger partial charge in [0.25, 0.3) is 0 Å². The summed E-state index contributed by atoms with van der Waals surface area (Å²) >= 11 is 0. The largest absolute Gasteiger partial charge is 0.380 e. The molecule has 0 aliphatic heterocycles. The van der Waals surface area contributed by atoms with Gasteiger partial charge >= 0.3 is 0 Å². The van der Waals surface area contributed by atoms with E-state index in [0.717, 1.165) is 39.5 Å². The van der Waals surface area contributed by atoms with E-state index in [0.29, 0.717) is 0 Å². The highest BCUT2D eigenvalue weighted by Crippen LogP contribution is 1.97. The summed E-state index contributed by atoms with van der Waals surface area (Å²) in [6.45, 7) is 13.4. The van der Waals surface area contributed by atoms with Crippen LogP contribution in [0.15, 0.2) is 0 Å². The van der Waals surface area contributed by atoms with Crippen LogP contribution in [0.3, 0.4) is 0 Å². The molecule has 0 saturated heterocycles. The molecule has 0 aliphatic rings. The van der Waals surface area contributed by atoms with E-state index in [1.54, 1.807) is 0 Å². The van der Waals surface area contributed by atoms with Crippen LogP contribution < -0.4 is 0 Å². The quantitative estimate of drug-likeness (QED) is 0.424. The fraction of sp³-hybridized carbons (Fsp3) is 1.00. The van der Waals surface area contributed by atoms with Crippen LogP contribution in [0.1, 0.15) is 59.3 Å². The summed E-state index contributed by atoms with van der Waals surface area (Å²) in [6, 6.07) is 0. The molecule has 0 aromatic rings. The molecular formula is C16H35NO2. The molecule has 0 radical (unpaired) electrons. The van der Waals surface area contributed by atoms with Crippen LogP contribution in [-0.2, 0) is 9.47 Å². The molecule has 0 aromatic carbocycles. The summed E-state index contributed by atoms with van der Waals surface area (Å²) in [5.41, 5.74) is 0. The summed E-state index contributed by atoms with van der Waals surface area (Å²) in [6.07, 6.45) is 7.30. The molecular weight excluding hydrogens is 238 g/mol. The van der Waals surface area contributed by atoms with Crippen molar-refractivity contribution in [1.82, 2.24) is 4.90 Å². The molecule has 0 aliphatic carbocycles. The van der Waals surface area contributed by atoms with Crippen molar-refractivity contribution < 1.29 is 9.47 Å². The summed E-state index contributed by atoms with van der Waals surface area (Å²) in [4.78, 5) is 2.47. The fourth-order valence-electron chi connectivity index (χ4n) is 1.80. The predicted octanol–water partition coefficient (Wildman–Crippen LogP) is 3.72. The van der Waals surface area contributed by atoms with Gasteiger partial charge in [0.15, 0.2) is 0 Å². The second-order valence-electron chi connectivity index (χ2n) is 5.13. The minimum atomic E-state index is 0.860. The SMILES string of the molecule is CCCCOCCN(CCCC)CCOCCCC. The Kier molecular flexibility index (Phi) is 15.8. The minimum Gasteiger partial charge on any atom is -0.380 e. The Hall–Kier alpha value is -0.120. The first-order chi connectivity index (χ1) is 9.35. The molecule has 0 bridgehead atoms. The highest BCUT2D eigenvalue weighted by molar-refractivity contribution is 4.57. The standard InChI is InChI=1S/C16H35NO2/c1-4-7-10-17(11-15-18-13-8-5-2)12-16-19-14-9-6-3/h4-16H2,1-3H3. The lowest BCUT2D eigenvalue weighted by atomic mass is 10.3. The summed E-state index contributed by atoms with van der Waals surface area (Å²) < 4.78 is 11.3. The van der Waals surface area contributed by atoms with E-state index >= 15 is 0 Å². The molecule has 0 N–H and O–H groups in total. The lowest BCUT2D eigenvalue weighted by Crippen LogP contribution is -2.32. The summed E-state index contributed by atoms with van der Waals surface area (Å²) in [5.74, 6) is 0. The van der Waals surface area contributed by atoms with E-state index < -0.39 is 0 Å². The van der Waals surface area contributed by atoms with Crippen LogP contribution in [0.5, 0.6) is 0 Å². The van der Waals surface area contributed by atoms with E-state index in [2.05, 4.69) is 25.7 Å². The van der Waals surface area contributed by atoms with Gasteiger partial charge in [-0.1, -0.05) is 40.0 Å². The van der Waals surface area contributed by atoms with Crippen molar-refractivity contribution in [3.05, 3.63) is 0 Å². The molecule has 0 spiro atoms. The second-order valence-corrected chi connectivity index (χ2v) is 5.13. The molecule has 0 saturated carbocycles. The van der Waals surface area contributed by atoms with E-state index in [1.807, 2.05) is 0 Å². The van der Waals surface area contributed by atoms with E-state index in [9.17, 15) is 0 Å². The average molecular weight is 273 g/mol. The first-order valence-electron chi connectivity index (χ1n) is 8.22. The van der Waals surface area contributed by atoms with Crippen molar-refractivity contribution in [3.63, 3.8) is 0 Å². The molecule has 0 heterocycles. The van der Waals surface area contributed by atoms with E-state index in [-0.39, 0.29) is 0 Å². The van der Waals surface area contributed by atoms with Gasteiger partial charge in [0, 0.05) is 26.3 Å². The lowest BCUT2D eigenvalue weighted by Gasteiger charge is -2.22. The maximum absolute atomic E-state index is 5.65. The van der Waals surface area contributed by atoms with Gasteiger partial charge in [-0.2, -0.15) is 0 Å². The molecule has 3 heteroatoms. The molecule has 116 valence electrons. The van der Waals surface area contributed by atoms with Gasteiger partial charge < -0.3 is 9.47 Å². The molecule has 0 amide bonds. The molecule has 19 heavy (non-hydrogen) atoms. The highest BCUT2D eigenvalue weighted by atomic mass is 16.5. The lowest BCUT2D eigenvalue weighted by molar-refractivity contribution is 0.0723. The number of hydrogen-bond donors (Lipinski definition) is 0. The Morgan fingerprint density at radius 1 is 0.579 bits per heavy atom. The van der Waals surface area contributed by atoms with Gasteiger partial charge in [-0.15, -0.1) is 0 Å². The van der Waals surface area contributed by atoms with E-state index in [1.165, 1.54) is 45.1 Å². The second kappa shape index (κ2) is 15.9. The monoisotopic (exact) mass is 273 g/mol. The third-order valence-corrected chi connectivity index (χ3v) is 3.22. The maximum atomic E-state index is 5.65. The number of unbranched alkanes of at least 4 members (excludes halogenated alkanes) is 3. The average Bonchev–Trinajstić information content (AvgIpc) is 2.43. The number of hydrogen-bond acceptors (Lipinski definition) is 3. The first kappa shape index (κ1) is 18.9. The Morgan fingerprint density at radius 3 is 1.47 bits per heavy atom. The van der Waals surface area contributed by atoms with Gasteiger partial charge in [0.05, 0.1) is 13.2 Å². The summed E-state index contributed by atoms with van der Waals surface area (Å²) in [5, 5.41) is 0. The van der Waals surface area contributed by atoms with Crippen LogP contribution in [0.2, 0.25) is 0 Å². The predicted molar refractivity (Wildman–Crippen MR) is 82.8 cm³/mol. The first-order valence-corrected chi connectivity index (χ1v) is 8.22. The molecule has 0 fully saturated rings. The van der Waals surface area contributed by atoms with Crippen molar-refractivity contribution in [2.24, 2.45) is 0 Å². The molecule has 0 rings (SSSR count). The van der Waals surface area contributed by atoms with Crippen molar-refractivity contribution in [2.75, 3.05) is 46.1 Å². The van der Waals surface area contributed by atoms with Gasteiger partial charge in [-0.05, 0) is 25.8 Å². The van der Waals surface area contributed by atoms with Gasteiger partial charge in [0.1, 0.15) is 0 Å². The topological polar surface area (TPSA) is 21.7 Å². The van der Waals surface area contributed by atoms with Gasteiger partial charge in [-0.25, -0.2) is 0 Å². The maximum Gasteiger partial charge on any atom is 0.0593 e. The Balaban J connectivity index is 3.57. The van der Waals surface area contributed by atoms with Crippen LogP contribution >= 0.6 is 0 Å². The zero-order valence-electron chi connectivity index (χ0n) is 13.5. The zero-order valence-corrected chi connectivity index (χ0v) is 13.5. The van der Waals surface area contributed by atoms with Crippen LogP contribution in [0.4, 0.5) is 0 Å². The Morgan fingerprint density at radius 2 is 1.05 bits per heavy atom. The smallest absolute Gasteiger partial charge is 0.0593 e. The number of rotatable bonds is 15. The Bertz CT molecular complexity index is 151. The normalized spacial score (nSPS) is 11.4. The van der Waals surface area contributed by atoms with Crippen molar-refractivity contribution in [3.8, 4) is 0 Å². The van der Waals surface area contributed by atoms with Crippen LogP contribution in [0.25, 0.3) is 0 Å². The molecule has 0 unspecified atom stereocenters. The van der Waals surface area contributed by atoms with Crippen molar-refractivity contribution in [1.29, 1.82) is 0 Å². The van der Waals surface area contributed by atoms with Crippen LogP contribution in [-0.4, -0.2) is 51.0 Å². The van der Waals surface area contributed by atoms with Crippen molar-refractivity contribution >= 4 is 0 Å². The summed E-state index contributed by atoms with van der Waals surface area (Å²) in [7, 11) is 0. The minimum absolute atomic E-state index is 0.860. The third kappa shape index (κ3) is 14.1. The molecule has 3 nitrogen and oxygen atoms in total. The Labute approximate surface area is 120 Å². The highest BCUT2D eigenvalue weighted by Gasteiger charge is 2.04. The third-order valence-electron chi connectivity index (χ3n) is 3.22. The molecule has 0 atom stereocenters. The van der Waals surface area contributed by atoms with E-state index in [4.69, 9.17) is 9.47 Å². The number of ether oxygens (including phenoxy) is 2. The molecule has 0 aromatic heterocycles. The number of nitrogens with zero attached hydrogens (tertiary/aromatic N) is 1. The zero-order chi connectivity index (χ0) is 14.2. The van der Waals surface area contributed by atoms with Gasteiger partial charge in [-0.3, -0.25) is 4.90 Å². The van der Waals surface area contributed by atoms with Crippen molar-refractivity contribution in [2.45, 2.75) is 59.3 Å². The van der Waals surface area contributed by atoms with Gasteiger partial charge in [0.2, 0.25) is 0 Å². The van der Waals surface area contributed by atoms with Crippen LogP contribution in [0, 0.1) is 0 Å². The fourth-order valence-corrected chi connectivity index (χ4v) is 1.80.